The lowest BCUT2D eigenvalue weighted by molar-refractivity contribution is 0.0987. The monoisotopic (exact) mass is 292 g/mol. The molecule has 0 bridgehead atoms. The second kappa shape index (κ2) is 6.59. The first-order valence-corrected chi connectivity index (χ1v) is 9.14. The minimum Gasteiger partial charge on any atom is -0.329 e. The van der Waals surface area contributed by atoms with Gasteiger partial charge < -0.3 is 5.73 Å². The maximum atomic E-state index is 6.20. The molecule has 1 aromatic heterocycles. The van der Waals surface area contributed by atoms with Crippen LogP contribution in [0.3, 0.4) is 0 Å². The van der Waals surface area contributed by atoms with E-state index in [1.165, 1.54) is 43.4 Å². The van der Waals surface area contributed by atoms with Crippen LogP contribution < -0.4 is 5.73 Å². The van der Waals surface area contributed by atoms with Crippen molar-refractivity contribution in [2.24, 2.45) is 17.6 Å². The molecule has 3 heteroatoms. The van der Waals surface area contributed by atoms with E-state index in [0.29, 0.717) is 6.04 Å². The Kier molecular flexibility index (Phi) is 4.79. The van der Waals surface area contributed by atoms with Crippen LogP contribution in [0, 0.1) is 11.8 Å². The summed E-state index contributed by atoms with van der Waals surface area (Å²) in [5.41, 5.74) is 6.20. The van der Waals surface area contributed by atoms with Crippen LogP contribution in [-0.2, 0) is 6.54 Å². The Morgan fingerprint density at radius 2 is 2.00 bits per heavy atom. The molecule has 1 unspecified atom stereocenters. The van der Waals surface area contributed by atoms with Gasteiger partial charge in [0.25, 0.3) is 0 Å². The van der Waals surface area contributed by atoms with E-state index < -0.39 is 0 Å². The lowest BCUT2D eigenvalue weighted by Crippen LogP contribution is -2.47. The molecule has 2 saturated carbocycles. The van der Waals surface area contributed by atoms with Gasteiger partial charge in [-0.2, -0.15) is 0 Å². The molecule has 0 aromatic carbocycles. The Hall–Kier alpha value is -0.380. The quantitative estimate of drug-likeness (QED) is 0.862. The molecule has 2 nitrogen and oxygen atoms in total. The minimum absolute atomic E-state index is 0.608. The molecule has 0 radical (unpaired) electrons. The molecule has 3 rings (SSSR count). The van der Waals surface area contributed by atoms with Crippen LogP contribution >= 0.6 is 11.3 Å². The van der Waals surface area contributed by atoms with E-state index >= 15 is 0 Å². The van der Waals surface area contributed by atoms with Crippen molar-refractivity contribution in [3.05, 3.63) is 22.4 Å². The fourth-order valence-electron chi connectivity index (χ4n) is 3.78. The van der Waals surface area contributed by atoms with Gasteiger partial charge in [0.2, 0.25) is 0 Å². The van der Waals surface area contributed by atoms with Gasteiger partial charge in [-0.05, 0) is 49.0 Å². The standard InChI is InChI=1S/C17H28N2S/c1-13-4-6-14(7-5-13)17(11-18)19(15-8-9-15)12-16-3-2-10-20-16/h2-3,10,13-15,17H,4-9,11-12,18H2,1H3. The average Bonchev–Trinajstić information content (AvgIpc) is 3.18. The molecule has 0 spiro atoms. The molecule has 0 amide bonds. The predicted molar refractivity (Wildman–Crippen MR) is 86.8 cm³/mol. The lowest BCUT2D eigenvalue weighted by atomic mass is 9.78. The summed E-state index contributed by atoms with van der Waals surface area (Å²) in [6.07, 6.45) is 8.33. The molecule has 0 saturated heterocycles. The zero-order valence-electron chi connectivity index (χ0n) is 12.6. The van der Waals surface area contributed by atoms with Gasteiger partial charge in [-0.3, -0.25) is 4.90 Å². The molecule has 20 heavy (non-hydrogen) atoms. The first-order valence-electron chi connectivity index (χ1n) is 8.26. The molecular weight excluding hydrogens is 264 g/mol. The van der Waals surface area contributed by atoms with Crippen molar-refractivity contribution in [2.75, 3.05) is 6.54 Å². The van der Waals surface area contributed by atoms with Crippen molar-refractivity contribution >= 4 is 11.3 Å². The third-order valence-electron chi connectivity index (χ3n) is 5.21. The first-order chi connectivity index (χ1) is 9.78. The largest absolute Gasteiger partial charge is 0.329 e. The molecule has 112 valence electrons. The number of hydrogen-bond donors (Lipinski definition) is 1. The zero-order valence-corrected chi connectivity index (χ0v) is 13.4. The van der Waals surface area contributed by atoms with Crippen LogP contribution in [0.2, 0.25) is 0 Å². The number of hydrogen-bond acceptors (Lipinski definition) is 3. The minimum atomic E-state index is 0.608. The molecule has 1 aromatic rings. The molecule has 2 N–H and O–H groups in total. The lowest BCUT2D eigenvalue weighted by Gasteiger charge is -2.39. The van der Waals surface area contributed by atoms with Crippen molar-refractivity contribution in [3.63, 3.8) is 0 Å². The Balaban J connectivity index is 1.67. The summed E-state index contributed by atoms with van der Waals surface area (Å²) in [6, 6.07) is 5.86. The van der Waals surface area contributed by atoms with Gasteiger partial charge in [0.05, 0.1) is 0 Å². The predicted octanol–water partition coefficient (Wildman–Crippen LogP) is 3.87. The summed E-state index contributed by atoms with van der Waals surface area (Å²) in [4.78, 5) is 4.24. The SMILES string of the molecule is CC1CCC(C(CN)N(Cc2cccs2)C2CC2)CC1. The number of thiophene rings is 1. The fourth-order valence-corrected chi connectivity index (χ4v) is 4.49. The van der Waals surface area contributed by atoms with E-state index in [4.69, 9.17) is 5.73 Å². The van der Waals surface area contributed by atoms with Gasteiger partial charge in [0.1, 0.15) is 0 Å². The number of nitrogens with two attached hydrogens (primary N) is 1. The maximum absolute atomic E-state index is 6.20. The summed E-state index contributed by atoms with van der Waals surface area (Å²) >= 11 is 1.89. The van der Waals surface area contributed by atoms with Crippen molar-refractivity contribution in [1.82, 2.24) is 4.90 Å². The van der Waals surface area contributed by atoms with Crippen LogP contribution in [0.4, 0.5) is 0 Å². The van der Waals surface area contributed by atoms with Crippen LogP contribution in [0.1, 0.15) is 50.3 Å². The number of rotatable bonds is 6. The van der Waals surface area contributed by atoms with Gasteiger partial charge in [-0.15, -0.1) is 11.3 Å². The van der Waals surface area contributed by atoms with E-state index in [-0.39, 0.29) is 0 Å². The zero-order chi connectivity index (χ0) is 13.9. The smallest absolute Gasteiger partial charge is 0.0334 e. The molecule has 2 aliphatic rings. The molecule has 0 aliphatic heterocycles. The highest BCUT2D eigenvalue weighted by atomic mass is 32.1. The summed E-state index contributed by atoms with van der Waals surface area (Å²) in [5, 5.41) is 2.19. The summed E-state index contributed by atoms with van der Waals surface area (Å²) < 4.78 is 0. The van der Waals surface area contributed by atoms with Crippen LogP contribution in [0.5, 0.6) is 0 Å². The first kappa shape index (κ1) is 14.6. The van der Waals surface area contributed by atoms with Gasteiger partial charge in [0, 0.05) is 30.1 Å². The summed E-state index contributed by atoms with van der Waals surface area (Å²) in [7, 11) is 0. The maximum Gasteiger partial charge on any atom is 0.0334 e. The summed E-state index contributed by atoms with van der Waals surface area (Å²) in [6.45, 7) is 4.36. The van der Waals surface area contributed by atoms with Gasteiger partial charge in [-0.1, -0.05) is 25.8 Å². The van der Waals surface area contributed by atoms with Gasteiger partial charge >= 0.3 is 0 Å². The van der Waals surface area contributed by atoms with E-state index in [1.807, 2.05) is 11.3 Å². The molecule has 2 fully saturated rings. The Morgan fingerprint density at radius 3 is 2.55 bits per heavy atom. The van der Waals surface area contributed by atoms with Crippen molar-refractivity contribution in [3.8, 4) is 0 Å². The van der Waals surface area contributed by atoms with Crippen LogP contribution in [-0.4, -0.2) is 23.5 Å². The Bertz CT molecular complexity index is 391. The molecule has 1 heterocycles. The third kappa shape index (κ3) is 3.44. The van der Waals surface area contributed by atoms with Crippen LogP contribution in [0.15, 0.2) is 17.5 Å². The van der Waals surface area contributed by atoms with Gasteiger partial charge in [0.15, 0.2) is 0 Å². The van der Waals surface area contributed by atoms with Gasteiger partial charge in [-0.25, -0.2) is 0 Å². The molecule has 2 aliphatic carbocycles. The van der Waals surface area contributed by atoms with E-state index in [1.54, 1.807) is 0 Å². The van der Waals surface area contributed by atoms with Crippen molar-refractivity contribution < 1.29 is 0 Å². The van der Waals surface area contributed by atoms with Crippen molar-refractivity contribution in [1.29, 1.82) is 0 Å². The number of nitrogens with zero attached hydrogens (tertiary/aromatic N) is 1. The highest BCUT2D eigenvalue weighted by Gasteiger charge is 2.37. The molecular formula is C17H28N2S. The second-order valence-electron chi connectivity index (χ2n) is 6.81. The van der Waals surface area contributed by atoms with E-state index in [9.17, 15) is 0 Å². The van der Waals surface area contributed by atoms with Crippen LogP contribution in [0.25, 0.3) is 0 Å². The third-order valence-corrected chi connectivity index (χ3v) is 6.07. The molecule has 1 atom stereocenters. The second-order valence-corrected chi connectivity index (χ2v) is 7.84. The van der Waals surface area contributed by atoms with E-state index in [0.717, 1.165) is 31.0 Å². The normalized spacial score (nSPS) is 28.8. The highest BCUT2D eigenvalue weighted by molar-refractivity contribution is 7.09. The van der Waals surface area contributed by atoms with Crippen molar-refractivity contribution in [2.45, 2.75) is 64.1 Å². The average molecular weight is 292 g/mol. The Morgan fingerprint density at radius 1 is 1.25 bits per heavy atom. The fraction of sp³-hybridized carbons (Fsp3) is 0.765. The van der Waals surface area contributed by atoms with E-state index in [2.05, 4.69) is 29.3 Å². The Labute approximate surface area is 127 Å². The summed E-state index contributed by atoms with van der Waals surface area (Å²) in [5.74, 6) is 1.76. The highest BCUT2D eigenvalue weighted by Crippen LogP contribution is 2.37. The topological polar surface area (TPSA) is 29.3 Å².